The lowest BCUT2D eigenvalue weighted by Crippen LogP contribution is -2.34. The fraction of sp³-hybridized carbons (Fsp3) is 0.652. The van der Waals surface area contributed by atoms with E-state index in [-0.39, 0.29) is 13.2 Å². The number of cyclic esters (lactones) is 2. The Kier molecular flexibility index (Phi) is 12.2. The van der Waals surface area contributed by atoms with Gasteiger partial charge in [-0.15, -0.1) is 0 Å². The van der Waals surface area contributed by atoms with E-state index < -0.39 is 30.1 Å². The van der Waals surface area contributed by atoms with Crippen molar-refractivity contribution in [1.82, 2.24) is 0 Å². The maximum absolute atomic E-state index is 13.0. The SMILES string of the molecule is CCC1COCCOCCOCCOCC(CC)OC(=O)C(c2ccccc2)C(=O)O1. The number of hydrogen-bond acceptors (Lipinski definition) is 8. The van der Waals surface area contributed by atoms with Crippen LogP contribution in [0.4, 0.5) is 0 Å². The summed E-state index contributed by atoms with van der Waals surface area (Å²) in [5.41, 5.74) is 0.525. The average Bonchev–Trinajstić information content (AvgIpc) is 2.78. The van der Waals surface area contributed by atoms with Crippen molar-refractivity contribution < 1.29 is 38.0 Å². The Bertz CT molecular complexity index is 600. The molecule has 2 unspecified atom stereocenters. The van der Waals surface area contributed by atoms with Crippen molar-refractivity contribution in [3.05, 3.63) is 35.9 Å². The molecular formula is C23H34O8. The van der Waals surface area contributed by atoms with E-state index in [4.69, 9.17) is 28.4 Å². The zero-order chi connectivity index (χ0) is 22.3. The van der Waals surface area contributed by atoms with E-state index in [9.17, 15) is 9.59 Å². The second-order valence-electron chi connectivity index (χ2n) is 7.15. The molecule has 0 saturated carbocycles. The van der Waals surface area contributed by atoms with Gasteiger partial charge in [0, 0.05) is 0 Å². The minimum absolute atomic E-state index is 0.226. The van der Waals surface area contributed by atoms with Gasteiger partial charge < -0.3 is 28.4 Å². The van der Waals surface area contributed by atoms with E-state index in [1.807, 2.05) is 19.9 Å². The summed E-state index contributed by atoms with van der Waals surface area (Å²) in [6, 6.07) is 8.79. The summed E-state index contributed by atoms with van der Waals surface area (Å²) in [5.74, 6) is -2.46. The Labute approximate surface area is 184 Å². The molecule has 0 aromatic heterocycles. The first-order chi connectivity index (χ1) is 15.2. The van der Waals surface area contributed by atoms with Gasteiger partial charge in [-0.1, -0.05) is 44.2 Å². The van der Waals surface area contributed by atoms with Crippen molar-refractivity contribution in [2.24, 2.45) is 0 Å². The van der Waals surface area contributed by atoms with Crippen molar-refractivity contribution in [2.75, 3.05) is 52.9 Å². The predicted molar refractivity (Wildman–Crippen MR) is 113 cm³/mol. The number of ether oxygens (including phenoxy) is 6. The standard InChI is InChI=1S/C23H34O8/c1-3-19-16-28-14-12-26-10-11-27-13-15-29-17-20(4-2)31-23(25)21(22(24)30-19)18-8-6-5-7-9-18/h5-9,19-21H,3-4,10-17H2,1-2H3. The van der Waals surface area contributed by atoms with Crippen LogP contribution in [0, 0.1) is 0 Å². The zero-order valence-electron chi connectivity index (χ0n) is 18.5. The Morgan fingerprint density at radius 1 is 0.677 bits per heavy atom. The average molecular weight is 439 g/mol. The molecule has 8 heteroatoms. The third kappa shape index (κ3) is 9.35. The van der Waals surface area contributed by atoms with Gasteiger partial charge in [0.2, 0.25) is 0 Å². The molecule has 0 bridgehead atoms. The number of carbonyl (C=O) groups excluding carboxylic acids is 2. The van der Waals surface area contributed by atoms with Gasteiger partial charge in [-0.25, -0.2) is 0 Å². The van der Waals surface area contributed by atoms with Crippen LogP contribution in [-0.2, 0) is 38.0 Å². The summed E-state index contributed by atoms with van der Waals surface area (Å²) >= 11 is 0. The maximum atomic E-state index is 13.0. The molecule has 0 N–H and O–H groups in total. The number of esters is 2. The van der Waals surface area contributed by atoms with E-state index in [0.29, 0.717) is 58.0 Å². The maximum Gasteiger partial charge on any atom is 0.325 e. The molecule has 1 fully saturated rings. The molecule has 1 aromatic rings. The van der Waals surface area contributed by atoms with Crippen LogP contribution in [0.1, 0.15) is 38.2 Å². The van der Waals surface area contributed by atoms with E-state index in [1.54, 1.807) is 24.3 Å². The molecule has 1 aliphatic rings. The van der Waals surface area contributed by atoms with Crippen LogP contribution in [0.2, 0.25) is 0 Å². The molecule has 31 heavy (non-hydrogen) atoms. The van der Waals surface area contributed by atoms with Crippen molar-refractivity contribution in [3.63, 3.8) is 0 Å². The van der Waals surface area contributed by atoms with E-state index in [2.05, 4.69) is 0 Å². The van der Waals surface area contributed by atoms with Crippen molar-refractivity contribution in [3.8, 4) is 0 Å². The highest BCUT2D eigenvalue weighted by atomic mass is 16.6. The summed E-state index contributed by atoms with van der Waals surface area (Å²) < 4.78 is 33.3. The van der Waals surface area contributed by atoms with Crippen LogP contribution in [0.5, 0.6) is 0 Å². The highest BCUT2D eigenvalue weighted by Crippen LogP contribution is 2.22. The van der Waals surface area contributed by atoms with Crippen LogP contribution in [-0.4, -0.2) is 77.0 Å². The number of benzene rings is 1. The second-order valence-corrected chi connectivity index (χ2v) is 7.15. The van der Waals surface area contributed by atoms with Gasteiger partial charge in [0.25, 0.3) is 0 Å². The largest absolute Gasteiger partial charge is 0.459 e. The summed E-state index contributed by atoms with van der Waals surface area (Å²) in [5, 5.41) is 0. The molecule has 1 aliphatic heterocycles. The van der Waals surface area contributed by atoms with E-state index in [0.717, 1.165) is 0 Å². The van der Waals surface area contributed by atoms with E-state index >= 15 is 0 Å². The highest BCUT2D eigenvalue weighted by Gasteiger charge is 2.34. The minimum atomic E-state index is -1.17. The lowest BCUT2D eigenvalue weighted by atomic mass is 9.99. The predicted octanol–water partition coefficient (Wildman–Crippen LogP) is 2.49. The van der Waals surface area contributed by atoms with Crippen molar-refractivity contribution in [2.45, 2.75) is 44.8 Å². The van der Waals surface area contributed by atoms with Gasteiger partial charge >= 0.3 is 11.9 Å². The summed E-state index contributed by atoms with van der Waals surface area (Å²) in [6.07, 6.45) is 0.176. The number of hydrogen-bond donors (Lipinski definition) is 0. The molecule has 1 saturated heterocycles. The van der Waals surface area contributed by atoms with E-state index in [1.165, 1.54) is 0 Å². The molecule has 1 aromatic carbocycles. The van der Waals surface area contributed by atoms with Crippen LogP contribution >= 0.6 is 0 Å². The molecule has 0 amide bonds. The molecule has 8 nitrogen and oxygen atoms in total. The Hall–Kier alpha value is -2.00. The first-order valence-electron chi connectivity index (χ1n) is 10.9. The van der Waals surface area contributed by atoms with Gasteiger partial charge in [-0.05, 0) is 18.4 Å². The zero-order valence-corrected chi connectivity index (χ0v) is 18.5. The summed E-state index contributed by atoms with van der Waals surface area (Å²) in [6.45, 7) is 6.75. The molecule has 0 spiro atoms. The van der Waals surface area contributed by atoms with Gasteiger partial charge in [0.1, 0.15) is 12.2 Å². The second kappa shape index (κ2) is 14.9. The topological polar surface area (TPSA) is 89.5 Å². The number of carbonyl (C=O) groups is 2. The molecule has 1 heterocycles. The quantitative estimate of drug-likeness (QED) is 0.525. The number of rotatable bonds is 3. The lowest BCUT2D eigenvalue weighted by Gasteiger charge is -2.23. The van der Waals surface area contributed by atoms with Crippen LogP contribution < -0.4 is 0 Å². The molecule has 2 atom stereocenters. The van der Waals surface area contributed by atoms with Crippen LogP contribution in [0.3, 0.4) is 0 Å². The third-order valence-electron chi connectivity index (χ3n) is 4.80. The Balaban J connectivity index is 2.13. The molecular weight excluding hydrogens is 404 g/mol. The first-order valence-corrected chi connectivity index (χ1v) is 10.9. The fourth-order valence-corrected chi connectivity index (χ4v) is 2.94. The monoisotopic (exact) mass is 438 g/mol. The molecule has 174 valence electrons. The minimum Gasteiger partial charge on any atom is -0.459 e. The third-order valence-corrected chi connectivity index (χ3v) is 4.80. The van der Waals surface area contributed by atoms with Gasteiger partial charge in [0.15, 0.2) is 5.92 Å². The Morgan fingerprint density at radius 3 is 1.52 bits per heavy atom. The smallest absolute Gasteiger partial charge is 0.325 e. The highest BCUT2D eigenvalue weighted by molar-refractivity contribution is 6.01. The van der Waals surface area contributed by atoms with Gasteiger partial charge in [0.05, 0.1) is 52.9 Å². The van der Waals surface area contributed by atoms with Crippen LogP contribution in [0.25, 0.3) is 0 Å². The molecule has 2 rings (SSSR count). The summed E-state index contributed by atoms with van der Waals surface area (Å²) in [7, 11) is 0. The van der Waals surface area contributed by atoms with Crippen LogP contribution in [0.15, 0.2) is 30.3 Å². The van der Waals surface area contributed by atoms with Crippen molar-refractivity contribution in [1.29, 1.82) is 0 Å². The normalized spacial score (nSPS) is 26.1. The summed E-state index contributed by atoms with van der Waals surface area (Å²) in [4.78, 5) is 26.0. The lowest BCUT2D eigenvalue weighted by molar-refractivity contribution is -0.167. The van der Waals surface area contributed by atoms with Gasteiger partial charge in [-0.3, -0.25) is 9.59 Å². The molecule has 0 aliphatic carbocycles. The fourth-order valence-electron chi connectivity index (χ4n) is 2.94. The first kappa shape index (κ1) is 25.3. The van der Waals surface area contributed by atoms with Crippen molar-refractivity contribution >= 4 is 11.9 Å². The van der Waals surface area contributed by atoms with Gasteiger partial charge in [-0.2, -0.15) is 0 Å². The molecule has 0 radical (unpaired) electrons. The Morgan fingerprint density at radius 2 is 1.10 bits per heavy atom.